The second-order valence-corrected chi connectivity index (χ2v) is 5.67. The van der Waals surface area contributed by atoms with E-state index in [1.165, 1.54) is 18.2 Å². The van der Waals surface area contributed by atoms with Crippen LogP contribution in [0, 0.1) is 5.41 Å². The van der Waals surface area contributed by atoms with Gasteiger partial charge in [-0.2, -0.15) is 0 Å². The summed E-state index contributed by atoms with van der Waals surface area (Å²) in [6.07, 6.45) is 0.177. The quantitative estimate of drug-likeness (QED) is 0.768. The number of aliphatic hydroxyl groups excluding tert-OH is 1. The lowest BCUT2D eigenvalue weighted by molar-refractivity contribution is -0.0689. The fourth-order valence-corrected chi connectivity index (χ4v) is 2.22. The molecule has 1 aromatic carbocycles. The van der Waals surface area contributed by atoms with Gasteiger partial charge < -0.3 is 15.5 Å². The van der Waals surface area contributed by atoms with Crippen molar-refractivity contribution in [2.75, 3.05) is 0 Å². The monoisotopic (exact) mass is 269 g/mol. The number of phenolic OH excluding ortho intramolecular Hbond substituents is 1. The molecule has 1 saturated carbocycles. The maximum absolute atomic E-state index is 12.0. The molecular weight excluding hydrogens is 254 g/mol. The van der Waals surface area contributed by atoms with Crippen LogP contribution in [-0.4, -0.2) is 28.3 Å². The second-order valence-electron chi connectivity index (χ2n) is 5.27. The molecular formula is C13H16ClNO3. The number of hydrogen-bond acceptors (Lipinski definition) is 3. The first-order valence-corrected chi connectivity index (χ1v) is 6.17. The van der Waals surface area contributed by atoms with E-state index in [4.69, 9.17) is 11.6 Å². The minimum absolute atomic E-state index is 0.0485. The molecule has 1 aromatic rings. The fourth-order valence-electron chi connectivity index (χ4n) is 2.04. The molecule has 18 heavy (non-hydrogen) atoms. The summed E-state index contributed by atoms with van der Waals surface area (Å²) in [7, 11) is 0. The molecule has 1 amide bonds. The first-order valence-electron chi connectivity index (χ1n) is 5.80. The fraction of sp³-hybridized carbons (Fsp3) is 0.462. The molecule has 2 atom stereocenters. The standard InChI is InChI=1S/C13H16ClNO3/c1-13(2)10(6-11(13)17)15-12(18)7-3-4-9(16)8(14)5-7/h3-5,10-11,16-17H,6H2,1-2H3,(H,15,18). The number of carbonyl (C=O) groups excluding carboxylic acids is 1. The van der Waals surface area contributed by atoms with Gasteiger partial charge in [0, 0.05) is 17.0 Å². The van der Waals surface area contributed by atoms with E-state index in [0.717, 1.165) is 0 Å². The first kappa shape index (κ1) is 13.2. The number of benzene rings is 1. The maximum Gasteiger partial charge on any atom is 0.251 e. The molecule has 4 nitrogen and oxygen atoms in total. The summed E-state index contributed by atoms with van der Waals surface area (Å²) < 4.78 is 0. The van der Waals surface area contributed by atoms with Gasteiger partial charge in [0.05, 0.1) is 11.1 Å². The van der Waals surface area contributed by atoms with Crippen molar-refractivity contribution in [2.24, 2.45) is 5.41 Å². The highest BCUT2D eigenvalue weighted by Gasteiger charge is 2.47. The number of phenols is 1. The van der Waals surface area contributed by atoms with Crippen LogP contribution in [0.5, 0.6) is 5.75 Å². The van der Waals surface area contributed by atoms with Crippen LogP contribution in [0.15, 0.2) is 18.2 Å². The molecule has 1 aliphatic rings. The number of halogens is 1. The Hall–Kier alpha value is -1.26. The highest BCUT2D eigenvalue weighted by atomic mass is 35.5. The molecule has 2 unspecified atom stereocenters. The second kappa shape index (κ2) is 4.44. The topological polar surface area (TPSA) is 69.6 Å². The average Bonchev–Trinajstić information content (AvgIpc) is 2.32. The van der Waals surface area contributed by atoms with Gasteiger partial charge in [0.1, 0.15) is 5.75 Å². The Bertz CT molecular complexity index is 487. The van der Waals surface area contributed by atoms with E-state index in [-0.39, 0.29) is 34.2 Å². The molecule has 0 spiro atoms. The molecule has 0 bridgehead atoms. The van der Waals surface area contributed by atoms with Gasteiger partial charge in [-0.15, -0.1) is 0 Å². The summed E-state index contributed by atoms with van der Waals surface area (Å²) in [6, 6.07) is 4.28. The molecule has 1 aliphatic carbocycles. The molecule has 0 radical (unpaired) electrons. The molecule has 2 rings (SSSR count). The van der Waals surface area contributed by atoms with Gasteiger partial charge in [0.15, 0.2) is 0 Å². The zero-order valence-corrected chi connectivity index (χ0v) is 11.0. The third kappa shape index (κ3) is 2.18. The van der Waals surface area contributed by atoms with Crippen LogP contribution in [0.4, 0.5) is 0 Å². The van der Waals surface area contributed by atoms with Crippen molar-refractivity contribution < 1.29 is 15.0 Å². The van der Waals surface area contributed by atoms with Gasteiger partial charge >= 0.3 is 0 Å². The third-order valence-electron chi connectivity index (χ3n) is 3.73. The van der Waals surface area contributed by atoms with Gasteiger partial charge in [-0.3, -0.25) is 4.79 Å². The van der Waals surface area contributed by atoms with Gasteiger partial charge in [0.25, 0.3) is 5.91 Å². The Morgan fingerprint density at radius 3 is 2.67 bits per heavy atom. The summed E-state index contributed by atoms with van der Waals surface area (Å²) in [5.41, 5.74) is 0.0890. The van der Waals surface area contributed by atoms with E-state index in [9.17, 15) is 15.0 Å². The number of nitrogens with one attached hydrogen (secondary N) is 1. The van der Waals surface area contributed by atoms with E-state index in [1.807, 2.05) is 13.8 Å². The molecule has 0 saturated heterocycles. The Kier molecular flexibility index (Phi) is 3.25. The van der Waals surface area contributed by atoms with E-state index < -0.39 is 0 Å². The van der Waals surface area contributed by atoms with Crippen molar-refractivity contribution in [1.29, 1.82) is 0 Å². The van der Waals surface area contributed by atoms with Crippen molar-refractivity contribution >= 4 is 17.5 Å². The van der Waals surface area contributed by atoms with Crippen molar-refractivity contribution in [1.82, 2.24) is 5.32 Å². The Morgan fingerprint density at radius 2 is 2.17 bits per heavy atom. The van der Waals surface area contributed by atoms with Crippen molar-refractivity contribution in [3.05, 3.63) is 28.8 Å². The largest absolute Gasteiger partial charge is 0.506 e. The first-order chi connectivity index (χ1) is 8.32. The van der Waals surface area contributed by atoms with Gasteiger partial charge in [0.2, 0.25) is 0 Å². The van der Waals surface area contributed by atoms with Crippen molar-refractivity contribution in [2.45, 2.75) is 32.4 Å². The average molecular weight is 270 g/mol. The normalized spacial score (nSPS) is 25.3. The number of aromatic hydroxyl groups is 1. The van der Waals surface area contributed by atoms with E-state index in [0.29, 0.717) is 12.0 Å². The van der Waals surface area contributed by atoms with Gasteiger partial charge in [-0.05, 0) is 24.6 Å². The smallest absolute Gasteiger partial charge is 0.251 e. The van der Waals surface area contributed by atoms with Gasteiger partial charge in [-0.1, -0.05) is 25.4 Å². The summed E-state index contributed by atoms with van der Waals surface area (Å²) >= 11 is 5.75. The minimum atomic E-state index is -0.383. The lowest BCUT2D eigenvalue weighted by atomic mass is 9.64. The van der Waals surface area contributed by atoms with Crippen LogP contribution in [0.25, 0.3) is 0 Å². The molecule has 3 N–H and O–H groups in total. The van der Waals surface area contributed by atoms with Crippen molar-refractivity contribution in [3.8, 4) is 5.75 Å². The van der Waals surface area contributed by atoms with Crippen LogP contribution in [0.1, 0.15) is 30.6 Å². The molecule has 98 valence electrons. The third-order valence-corrected chi connectivity index (χ3v) is 4.03. The molecule has 5 heteroatoms. The van der Waals surface area contributed by atoms with E-state index in [1.54, 1.807) is 0 Å². The predicted octanol–water partition coefficient (Wildman–Crippen LogP) is 1.93. The molecule has 0 aromatic heterocycles. The number of rotatable bonds is 2. The van der Waals surface area contributed by atoms with Crippen LogP contribution in [-0.2, 0) is 0 Å². The summed E-state index contributed by atoms with van der Waals surface area (Å²) in [5, 5.41) is 21.9. The predicted molar refractivity (Wildman–Crippen MR) is 68.8 cm³/mol. The summed E-state index contributed by atoms with van der Waals surface area (Å²) in [5.74, 6) is -0.297. The Morgan fingerprint density at radius 1 is 1.50 bits per heavy atom. The Balaban J connectivity index is 2.07. The maximum atomic E-state index is 12.0. The highest BCUT2D eigenvalue weighted by molar-refractivity contribution is 6.32. The summed E-state index contributed by atoms with van der Waals surface area (Å²) in [6.45, 7) is 3.83. The van der Waals surface area contributed by atoms with Crippen LogP contribution >= 0.6 is 11.6 Å². The van der Waals surface area contributed by atoms with Crippen LogP contribution < -0.4 is 5.32 Å². The van der Waals surface area contributed by atoms with Crippen LogP contribution in [0.3, 0.4) is 0 Å². The van der Waals surface area contributed by atoms with E-state index >= 15 is 0 Å². The molecule has 0 heterocycles. The zero-order valence-electron chi connectivity index (χ0n) is 10.3. The number of amides is 1. The lowest BCUT2D eigenvalue weighted by Crippen LogP contribution is -2.61. The molecule has 1 fully saturated rings. The number of hydrogen-bond donors (Lipinski definition) is 3. The van der Waals surface area contributed by atoms with Crippen molar-refractivity contribution in [3.63, 3.8) is 0 Å². The SMILES string of the molecule is CC1(C)C(O)CC1NC(=O)c1ccc(O)c(Cl)c1. The van der Waals surface area contributed by atoms with Gasteiger partial charge in [-0.25, -0.2) is 0 Å². The number of aliphatic hydroxyl groups is 1. The lowest BCUT2D eigenvalue weighted by Gasteiger charge is -2.49. The van der Waals surface area contributed by atoms with E-state index in [2.05, 4.69) is 5.32 Å². The minimum Gasteiger partial charge on any atom is -0.506 e. The zero-order chi connectivity index (χ0) is 13.5. The Labute approximate surface area is 111 Å². The number of carbonyl (C=O) groups is 1. The van der Waals surface area contributed by atoms with Crippen LogP contribution in [0.2, 0.25) is 5.02 Å². The molecule has 0 aliphatic heterocycles. The summed E-state index contributed by atoms with van der Waals surface area (Å²) in [4.78, 5) is 12.0. The highest BCUT2D eigenvalue weighted by Crippen LogP contribution is 2.40.